The maximum Gasteiger partial charge on any atom is 0.153 e. The summed E-state index contributed by atoms with van der Waals surface area (Å²) in [6, 6.07) is 3.94. The van der Waals surface area contributed by atoms with Gasteiger partial charge in [-0.1, -0.05) is 6.07 Å². The second kappa shape index (κ2) is 3.63. The predicted molar refractivity (Wildman–Crippen MR) is 62.7 cm³/mol. The average Bonchev–Trinajstić information content (AvgIpc) is 3.04. The van der Waals surface area contributed by atoms with E-state index in [0.29, 0.717) is 5.82 Å². The summed E-state index contributed by atoms with van der Waals surface area (Å²) in [4.78, 5) is 4.12. The molecule has 0 amide bonds. The van der Waals surface area contributed by atoms with Gasteiger partial charge in [-0.05, 0) is 31.2 Å². The maximum absolute atomic E-state index is 5.90. The van der Waals surface area contributed by atoms with Gasteiger partial charge in [-0.3, -0.25) is 10.1 Å². The van der Waals surface area contributed by atoms with Crippen LogP contribution >= 0.6 is 0 Å². The third-order valence-electron chi connectivity index (χ3n) is 3.01. The molecule has 4 heteroatoms. The van der Waals surface area contributed by atoms with Crippen molar-refractivity contribution < 1.29 is 0 Å². The van der Waals surface area contributed by atoms with Gasteiger partial charge in [0.15, 0.2) is 5.82 Å². The summed E-state index contributed by atoms with van der Waals surface area (Å²) in [7, 11) is 0. The SMILES string of the molecule is Nc1n[nH]c(CC2CC2)c1-c1cccnc1. The van der Waals surface area contributed by atoms with Crippen molar-refractivity contribution in [2.75, 3.05) is 5.73 Å². The van der Waals surface area contributed by atoms with Crippen LogP contribution in [0.15, 0.2) is 24.5 Å². The summed E-state index contributed by atoms with van der Waals surface area (Å²) in [5.74, 6) is 1.39. The van der Waals surface area contributed by atoms with Crippen LogP contribution in [0.4, 0.5) is 5.82 Å². The van der Waals surface area contributed by atoms with Crippen LogP contribution in [0.2, 0.25) is 0 Å². The Morgan fingerprint density at radius 3 is 3.00 bits per heavy atom. The standard InChI is InChI=1S/C12H14N4/c13-12-11(9-2-1-5-14-7-9)10(15-16-12)6-8-3-4-8/h1-2,5,7-8H,3-4,6H2,(H3,13,15,16). The Balaban J connectivity index is 2.01. The summed E-state index contributed by atoms with van der Waals surface area (Å²) in [5.41, 5.74) is 9.12. The molecule has 4 nitrogen and oxygen atoms in total. The quantitative estimate of drug-likeness (QED) is 0.821. The van der Waals surface area contributed by atoms with Gasteiger partial charge < -0.3 is 5.73 Å². The molecule has 0 atom stereocenters. The number of hydrogen-bond donors (Lipinski definition) is 2. The molecule has 1 fully saturated rings. The Bertz CT molecular complexity index is 485. The molecule has 0 aliphatic heterocycles. The molecule has 0 aromatic carbocycles. The molecule has 1 aliphatic carbocycles. The van der Waals surface area contributed by atoms with Crippen molar-refractivity contribution in [2.24, 2.45) is 5.92 Å². The van der Waals surface area contributed by atoms with Gasteiger partial charge in [0.05, 0.1) is 0 Å². The lowest BCUT2D eigenvalue weighted by molar-refractivity contribution is 0.798. The first kappa shape index (κ1) is 9.39. The molecule has 0 unspecified atom stereocenters. The zero-order valence-corrected chi connectivity index (χ0v) is 8.98. The van der Waals surface area contributed by atoms with Crippen LogP contribution in [0.1, 0.15) is 18.5 Å². The number of pyridine rings is 1. The number of H-pyrrole nitrogens is 1. The van der Waals surface area contributed by atoms with Crippen molar-refractivity contribution in [3.63, 3.8) is 0 Å². The lowest BCUT2D eigenvalue weighted by Gasteiger charge is -2.02. The van der Waals surface area contributed by atoms with Crippen molar-refractivity contribution in [3.8, 4) is 11.1 Å². The number of nitrogens with one attached hydrogen (secondary N) is 1. The molecular formula is C12H14N4. The van der Waals surface area contributed by atoms with Crippen molar-refractivity contribution in [1.29, 1.82) is 0 Å². The summed E-state index contributed by atoms with van der Waals surface area (Å²) < 4.78 is 0. The Morgan fingerprint density at radius 1 is 1.44 bits per heavy atom. The first-order valence-electron chi connectivity index (χ1n) is 5.57. The third kappa shape index (κ3) is 1.66. The van der Waals surface area contributed by atoms with E-state index in [1.165, 1.54) is 12.8 Å². The highest BCUT2D eigenvalue weighted by Crippen LogP contribution is 2.36. The second-order valence-electron chi connectivity index (χ2n) is 4.35. The van der Waals surface area contributed by atoms with E-state index in [2.05, 4.69) is 15.2 Å². The van der Waals surface area contributed by atoms with Gasteiger partial charge >= 0.3 is 0 Å². The molecule has 0 spiro atoms. The minimum Gasteiger partial charge on any atom is -0.382 e. The predicted octanol–water partition coefficient (Wildman–Crippen LogP) is 2.01. The molecule has 2 aromatic rings. The number of nitrogens with zero attached hydrogens (tertiary/aromatic N) is 2. The summed E-state index contributed by atoms with van der Waals surface area (Å²) in [6.45, 7) is 0. The monoisotopic (exact) mass is 214 g/mol. The van der Waals surface area contributed by atoms with E-state index in [0.717, 1.165) is 29.2 Å². The fraction of sp³-hybridized carbons (Fsp3) is 0.333. The minimum absolute atomic E-state index is 0.573. The lowest BCUT2D eigenvalue weighted by atomic mass is 10.0. The molecule has 2 heterocycles. The Kier molecular flexibility index (Phi) is 2.13. The van der Waals surface area contributed by atoms with Gasteiger partial charge in [-0.15, -0.1) is 0 Å². The first-order valence-corrected chi connectivity index (χ1v) is 5.57. The second-order valence-corrected chi connectivity index (χ2v) is 4.35. The van der Waals surface area contributed by atoms with Gasteiger partial charge in [-0.25, -0.2) is 0 Å². The van der Waals surface area contributed by atoms with E-state index in [1.54, 1.807) is 6.20 Å². The molecule has 3 rings (SSSR count). The highest BCUT2D eigenvalue weighted by atomic mass is 15.2. The van der Waals surface area contributed by atoms with E-state index < -0.39 is 0 Å². The van der Waals surface area contributed by atoms with Crippen LogP contribution in [-0.4, -0.2) is 15.2 Å². The Labute approximate surface area is 93.9 Å². The number of hydrogen-bond acceptors (Lipinski definition) is 3. The van der Waals surface area contributed by atoms with Crippen LogP contribution in [-0.2, 0) is 6.42 Å². The highest BCUT2D eigenvalue weighted by molar-refractivity contribution is 5.75. The van der Waals surface area contributed by atoms with E-state index in [-0.39, 0.29) is 0 Å². The van der Waals surface area contributed by atoms with Crippen molar-refractivity contribution >= 4 is 5.82 Å². The third-order valence-corrected chi connectivity index (χ3v) is 3.01. The van der Waals surface area contributed by atoms with Gasteiger partial charge in [0, 0.05) is 29.2 Å². The van der Waals surface area contributed by atoms with E-state index in [9.17, 15) is 0 Å². The van der Waals surface area contributed by atoms with E-state index in [4.69, 9.17) is 5.73 Å². The molecule has 0 bridgehead atoms. The Morgan fingerprint density at radius 2 is 2.31 bits per heavy atom. The van der Waals surface area contributed by atoms with Gasteiger partial charge in [0.2, 0.25) is 0 Å². The number of anilines is 1. The zero-order valence-electron chi connectivity index (χ0n) is 8.98. The van der Waals surface area contributed by atoms with Crippen LogP contribution in [0.25, 0.3) is 11.1 Å². The molecule has 1 aliphatic rings. The average molecular weight is 214 g/mol. The van der Waals surface area contributed by atoms with Gasteiger partial charge in [0.25, 0.3) is 0 Å². The largest absolute Gasteiger partial charge is 0.382 e. The fourth-order valence-corrected chi connectivity index (χ4v) is 1.99. The fourth-order valence-electron chi connectivity index (χ4n) is 1.99. The van der Waals surface area contributed by atoms with Gasteiger partial charge in [-0.2, -0.15) is 5.10 Å². The molecule has 1 saturated carbocycles. The topological polar surface area (TPSA) is 67.6 Å². The molecule has 16 heavy (non-hydrogen) atoms. The van der Waals surface area contributed by atoms with Gasteiger partial charge in [0.1, 0.15) is 0 Å². The lowest BCUT2D eigenvalue weighted by Crippen LogP contribution is -1.93. The molecule has 2 aromatic heterocycles. The number of nitrogens with two attached hydrogens (primary N) is 1. The van der Waals surface area contributed by atoms with Crippen LogP contribution in [0, 0.1) is 5.92 Å². The maximum atomic E-state index is 5.90. The number of aromatic nitrogens is 3. The number of nitrogen functional groups attached to an aromatic ring is 1. The van der Waals surface area contributed by atoms with E-state index in [1.807, 2.05) is 18.3 Å². The number of aromatic amines is 1. The molecular weight excluding hydrogens is 200 g/mol. The molecule has 3 N–H and O–H groups in total. The van der Waals surface area contributed by atoms with Crippen molar-refractivity contribution in [2.45, 2.75) is 19.3 Å². The number of rotatable bonds is 3. The molecule has 82 valence electrons. The minimum atomic E-state index is 0.573. The molecule has 0 saturated heterocycles. The first-order chi connectivity index (χ1) is 7.84. The smallest absolute Gasteiger partial charge is 0.153 e. The van der Waals surface area contributed by atoms with Crippen LogP contribution in [0.5, 0.6) is 0 Å². The Hall–Kier alpha value is -1.84. The van der Waals surface area contributed by atoms with Crippen LogP contribution < -0.4 is 5.73 Å². The summed E-state index contributed by atoms with van der Waals surface area (Å²) in [6.07, 6.45) is 7.29. The van der Waals surface area contributed by atoms with Crippen LogP contribution in [0.3, 0.4) is 0 Å². The highest BCUT2D eigenvalue weighted by Gasteiger charge is 2.25. The normalized spacial score (nSPS) is 15.2. The van der Waals surface area contributed by atoms with Crippen molar-refractivity contribution in [1.82, 2.24) is 15.2 Å². The van der Waals surface area contributed by atoms with Crippen molar-refractivity contribution in [3.05, 3.63) is 30.2 Å². The zero-order chi connectivity index (χ0) is 11.0. The molecule has 0 radical (unpaired) electrons. The van der Waals surface area contributed by atoms with E-state index >= 15 is 0 Å². The summed E-state index contributed by atoms with van der Waals surface area (Å²) >= 11 is 0. The summed E-state index contributed by atoms with van der Waals surface area (Å²) in [5, 5.41) is 7.14.